The molecule has 0 unspecified atom stereocenters. The van der Waals surface area contributed by atoms with Crippen LogP contribution in [-0.2, 0) is 0 Å². The van der Waals surface area contributed by atoms with Crippen LogP contribution in [-0.4, -0.2) is 25.8 Å². The predicted molar refractivity (Wildman–Crippen MR) is 100 cm³/mol. The summed E-state index contributed by atoms with van der Waals surface area (Å²) >= 11 is 6.04. The lowest BCUT2D eigenvalue weighted by atomic mass is 10.1. The number of amides is 1. The predicted octanol–water partition coefficient (Wildman–Crippen LogP) is 4.13. The van der Waals surface area contributed by atoms with Crippen LogP contribution in [0, 0.1) is 13.8 Å². The van der Waals surface area contributed by atoms with E-state index < -0.39 is 0 Å². The highest BCUT2D eigenvalue weighted by Gasteiger charge is 2.09. The van der Waals surface area contributed by atoms with E-state index in [4.69, 9.17) is 21.1 Å². The zero-order chi connectivity index (χ0) is 18.4. The van der Waals surface area contributed by atoms with Crippen molar-refractivity contribution < 1.29 is 14.3 Å². The maximum atomic E-state index is 12.1. The Bertz CT molecular complexity index is 803. The number of aryl methyl sites for hydroxylation is 2. The Morgan fingerprint density at radius 3 is 2.60 bits per heavy atom. The molecule has 132 valence electrons. The lowest BCUT2D eigenvalue weighted by Crippen LogP contribution is -2.17. The highest BCUT2D eigenvalue weighted by atomic mass is 35.5. The first-order valence-corrected chi connectivity index (χ1v) is 8.25. The Morgan fingerprint density at radius 2 is 1.96 bits per heavy atom. The number of rotatable bonds is 6. The van der Waals surface area contributed by atoms with Gasteiger partial charge in [0.15, 0.2) is 11.5 Å². The van der Waals surface area contributed by atoms with E-state index in [2.05, 4.69) is 10.5 Å². The number of hydrogen-bond donors (Lipinski definition) is 1. The van der Waals surface area contributed by atoms with Crippen LogP contribution in [0.2, 0.25) is 5.02 Å². The van der Waals surface area contributed by atoms with Crippen molar-refractivity contribution in [1.82, 2.24) is 5.43 Å². The summed E-state index contributed by atoms with van der Waals surface area (Å²) in [5.41, 5.74) is 5.65. The summed E-state index contributed by atoms with van der Waals surface area (Å²) in [7, 11) is 1.60. The minimum Gasteiger partial charge on any atom is -0.493 e. The van der Waals surface area contributed by atoms with Gasteiger partial charge in [-0.2, -0.15) is 5.10 Å². The van der Waals surface area contributed by atoms with Gasteiger partial charge in [-0.05, 0) is 56.2 Å². The molecule has 1 N–H and O–H groups in total. The molecule has 0 saturated carbocycles. The van der Waals surface area contributed by atoms with Crippen LogP contribution in [0.15, 0.2) is 35.4 Å². The molecule has 0 heterocycles. The van der Waals surface area contributed by atoms with Gasteiger partial charge in [0.2, 0.25) is 0 Å². The van der Waals surface area contributed by atoms with Crippen LogP contribution < -0.4 is 14.9 Å². The highest BCUT2D eigenvalue weighted by molar-refractivity contribution is 6.31. The van der Waals surface area contributed by atoms with Gasteiger partial charge in [0, 0.05) is 16.1 Å². The molecule has 2 aromatic carbocycles. The van der Waals surface area contributed by atoms with E-state index >= 15 is 0 Å². The van der Waals surface area contributed by atoms with E-state index in [9.17, 15) is 4.79 Å². The number of nitrogens with one attached hydrogen (secondary N) is 1. The molecule has 1 amide bonds. The van der Waals surface area contributed by atoms with Crippen LogP contribution in [0.4, 0.5) is 0 Å². The Kier molecular flexibility index (Phi) is 6.42. The van der Waals surface area contributed by atoms with Crippen LogP contribution in [0.3, 0.4) is 0 Å². The van der Waals surface area contributed by atoms with Gasteiger partial charge in [-0.15, -0.1) is 0 Å². The number of halogens is 1. The molecule has 0 spiro atoms. The van der Waals surface area contributed by atoms with Crippen molar-refractivity contribution in [3.05, 3.63) is 57.6 Å². The molecular weight excluding hydrogens is 340 g/mol. The monoisotopic (exact) mass is 360 g/mol. The molecule has 0 fully saturated rings. The quantitative estimate of drug-likeness (QED) is 0.622. The molecule has 2 rings (SSSR count). The summed E-state index contributed by atoms with van der Waals surface area (Å²) < 4.78 is 10.9. The highest BCUT2D eigenvalue weighted by Crippen LogP contribution is 2.30. The zero-order valence-corrected chi connectivity index (χ0v) is 15.5. The third kappa shape index (κ3) is 4.73. The van der Waals surface area contributed by atoms with E-state index in [0.717, 1.165) is 16.7 Å². The summed E-state index contributed by atoms with van der Waals surface area (Å²) in [6.45, 7) is 6.24. The molecule has 0 aromatic heterocycles. The molecule has 0 radical (unpaired) electrons. The van der Waals surface area contributed by atoms with Crippen molar-refractivity contribution in [2.24, 2.45) is 5.10 Å². The number of hydrogen-bond acceptors (Lipinski definition) is 4. The van der Waals surface area contributed by atoms with Crippen molar-refractivity contribution >= 4 is 23.7 Å². The first-order valence-electron chi connectivity index (χ1n) is 7.87. The Balaban J connectivity index is 2.14. The summed E-state index contributed by atoms with van der Waals surface area (Å²) in [5, 5.41) is 4.57. The average Bonchev–Trinajstić information content (AvgIpc) is 2.59. The van der Waals surface area contributed by atoms with E-state index in [0.29, 0.717) is 28.7 Å². The van der Waals surface area contributed by atoms with Crippen molar-refractivity contribution in [2.45, 2.75) is 20.8 Å². The first kappa shape index (κ1) is 18.8. The van der Waals surface area contributed by atoms with Crippen LogP contribution >= 0.6 is 11.6 Å². The molecule has 0 aliphatic rings. The van der Waals surface area contributed by atoms with Gasteiger partial charge in [0.1, 0.15) is 0 Å². The zero-order valence-electron chi connectivity index (χ0n) is 14.7. The van der Waals surface area contributed by atoms with Crippen molar-refractivity contribution in [2.75, 3.05) is 13.7 Å². The first-order chi connectivity index (χ1) is 12.0. The van der Waals surface area contributed by atoms with Gasteiger partial charge >= 0.3 is 0 Å². The lowest BCUT2D eigenvalue weighted by Gasteiger charge is -2.11. The Labute approximate surface area is 152 Å². The maximum absolute atomic E-state index is 12.1. The number of methoxy groups -OCH3 is 1. The number of carbonyl (C=O) groups is 1. The SMILES string of the molecule is CCOc1cc(/C=N\NC(=O)c2ccc(C)c(Cl)c2)c(C)cc1OC. The normalized spacial score (nSPS) is 10.8. The molecule has 0 aliphatic heterocycles. The number of ether oxygens (including phenoxy) is 2. The van der Waals surface area contributed by atoms with Gasteiger partial charge in [-0.1, -0.05) is 17.7 Å². The summed E-state index contributed by atoms with van der Waals surface area (Å²) in [6.07, 6.45) is 1.57. The standard InChI is InChI=1S/C19H21ClN2O3/c1-5-25-18-10-15(13(3)8-17(18)24-4)11-21-22-19(23)14-7-6-12(2)16(20)9-14/h6-11H,5H2,1-4H3,(H,22,23)/b21-11-. The van der Waals surface area contributed by atoms with Crippen molar-refractivity contribution in [1.29, 1.82) is 0 Å². The second-order valence-corrected chi connectivity index (χ2v) is 5.86. The van der Waals surface area contributed by atoms with Gasteiger partial charge < -0.3 is 9.47 Å². The van der Waals surface area contributed by atoms with Crippen molar-refractivity contribution in [3.8, 4) is 11.5 Å². The molecule has 25 heavy (non-hydrogen) atoms. The van der Waals surface area contributed by atoms with E-state index in [1.54, 1.807) is 31.5 Å². The number of nitrogens with zero attached hydrogens (tertiary/aromatic N) is 1. The fourth-order valence-corrected chi connectivity index (χ4v) is 2.38. The van der Waals surface area contributed by atoms with E-state index in [-0.39, 0.29) is 5.91 Å². The smallest absolute Gasteiger partial charge is 0.271 e. The molecule has 6 heteroatoms. The third-order valence-corrected chi connectivity index (χ3v) is 4.06. The fraction of sp³-hybridized carbons (Fsp3) is 0.263. The fourth-order valence-electron chi connectivity index (χ4n) is 2.20. The topological polar surface area (TPSA) is 59.9 Å². The summed E-state index contributed by atoms with van der Waals surface area (Å²) in [4.78, 5) is 12.1. The Hall–Kier alpha value is -2.53. The van der Waals surface area contributed by atoms with Gasteiger partial charge in [-0.25, -0.2) is 5.43 Å². The molecule has 2 aromatic rings. The molecule has 0 bridgehead atoms. The number of hydrazone groups is 1. The summed E-state index contributed by atoms with van der Waals surface area (Å²) in [6, 6.07) is 8.82. The lowest BCUT2D eigenvalue weighted by molar-refractivity contribution is 0.0955. The second kappa shape index (κ2) is 8.53. The van der Waals surface area contributed by atoms with Gasteiger partial charge in [0.05, 0.1) is 19.9 Å². The minimum atomic E-state index is -0.325. The summed E-state index contributed by atoms with van der Waals surface area (Å²) in [5.74, 6) is 0.970. The van der Waals surface area contributed by atoms with E-state index in [1.807, 2.05) is 32.9 Å². The number of benzene rings is 2. The van der Waals surface area contributed by atoms with E-state index in [1.165, 1.54) is 0 Å². The molecule has 0 aliphatic carbocycles. The third-order valence-electron chi connectivity index (χ3n) is 3.66. The second-order valence-electron chi connectivity index (χ2n) is 5.46. The average molecular weight is 361 g/mol. The maximum Gasteiger partial charge on any atom is 0.271 e. The van der Waals surface area contributed by atoms with Crippen LogP contribution in [0.1, 0.15) is 34.0 Å². The van der Waals surface area contributed by atoms with Gasteiger partial charge in [-0.3, -0.25) is 4.79 Å². The molecule has 0 atom stereocenters. The van der Waals surface area contributed by atoms with Crippen LogP contribution in [0.5, 0.6) is 11.5 Å². The minimum absolute atomic E-state index is 0.325. The molecule has 5 nitrogen and oxygen atoms in total. The largest absolute Gasteiger partial charge is 0.493 e. The number of carbonyl (C=O) groups excluding carboxylic acids is 1. The van der Waals surface area contributed by atoms with Crippen molar-refractivity contribution in [3.63, 3.8) is 0 Å². The van der Waals surface area contributed by atoms with Crippen LogP contribution in [0.25, 0.3) is 0 Å². The Morgan fingerprint density at radius 1 is 1.20 bits per heavy atom. The molecular formula is C19H21ClN2O3. The van der Waals surface area contributed by atoms with Gasteiger partial charge in [0.25, 0.3) is 5.91 Å². The molecule has 0 saturated heterocycles.